The van der Waals surface area contributed by atoms with Gasteiger partial charge in [0.15, 0.2) is 11.2 Å². The first-order valence-corrected chi connectivity index (χ1v) is 5.75. The summed E-state index contributed by atoms with van der Waals surface area (Å²) in [6.07, 6.45) is 0. The largest absolute Gasteiger partial charge is 0.388 e. The zero-order chi connectivity index (χ0) is 13.2. The Morgan fingerprint density at radius 1 is 1.26 bits per heavy atom. The lowest BCUT2D eigenvalue weighted by atomic mass is 10.2. The third kappa shape index (κ3) is 2.11. The van der Waals surface area contributed by atoms with Gasteiger partial charge in [0.05, 0.1) is 6.54 Å². The van der Waals surface area contributed by atoms with Crippen molar-refractivity contribution in [1.82, 2.24) is 25.0 Å². The maximum absolute atomic E-state index is 11.7. The summed E-state index contributed by atoms with van der Waals surface area (Å²) in [5.41, 5.74) is 1.18. The lowest BCUT2D eigenvalue weighted by molar-refractivity contribution is 0.271. The highest BCUT2D eigenvalue weighted by Gasteiger charge is 2.11. The number of aromatic nitrogens is 5. The Balaban J connectivity index is 2.10. The van der Waals surface area contributed by atoms with Gasteiger partial charge in [-0.25, -0.2) is 9.67 Å². The van der Waals surface area contributed by atoms with Crippen LogP contribution in [0.2, 0.25) is 0 Å². The van der Waals surface area contributed by atoms with Gasteiger partial charge in [-0.05, 0) is 5.56 Å². The molecular formula is C12H11N5O2. The summed E-state index contributed by atoms with van der Waals surface area (Å²) in [5.74, 6) is 0.203. The van der Waals surface area contributed by atoms with Crippen LogP contribution in [0.15, 0.2) is 35.1 Å². The van der Waals surface area contributed by atoms with E-state index in [4.69, 9.17) is 5.11 Å². The fraction of sp³-hybridized carbons (Fsp3) is 0.167. The highest BCUT2D eigenvalue weighted by Crippen LogP contribution is 2.07. The van der Waals surface area contributed by atoms with Crippen LogP contribution in [0.25, 0.3) is 11.2 Å². The molecular weight excluding hydrogens is 246 g/mol. The maximum Gasteiger partial charge on any atom is 0.281 e. The summed E-state index contributed by atoms with van der Waals surface area (Å²) in [5, 5.41) is 16.8. The summed E-state index contributed by atoms with van der Waals surface area (Å²) in [7, 11) is 0. The van der Waals surface area contributed by atoms with E-state index in [1.165, 1.54) is 0 Å². The Bertz CT molecular complexity index is 763. The summed E-state index contributed by atoms with van der Waals surface area (Å²) < 4.78 is 1.54. The molecule has 0 atom stereocenters. The van der Waals surface area contributed by atoms with Crippen LogP contribution in [0.3, 0.4) is 0 Å². The monoisotopic (exact) mass is 257 g/mol. The fourth-order valence-electron chi connectivity index (χ4n) is 1.85. The van der Waals surface area contributed by atoms with Crippen molar-refractivity contribution in [2.24, 2.45) is 0 Å². The smallest absolute Gasteiger partial charge is 0.281 e. The van der Waals surface area contributed by atoms with Crippen LogP contribution in [0, 0.1) is 0 Å². The van der Waals surface area contributed by atoms with Crippen LogP contribution in [-0.4, -0.2) is 30.1 Å². The molecule has 0 aliphatic heterocycles. The van der Waals surface area contributed by atoms with Crippen molar-refractivity contribution >= 4 is 11.2 Å². The van der Waals surface area contributed by atoms with E-state index in [0.717, 1.165) is 5.56 Å². The van der Waals surface area contributed by atoms with Crippen LogP contribution in [0.5, 0.6) is 0 Å². The number of fused-ring (bicyclic) bond motifs is 1. The van der Waals surface area contributed by atoms with Crippen molar-refractivity contribution < 1.29 is 5.11 Å². The molecule has 0 unspecified atom stereocenters. The Morgan fingerprint density at radius 2 is 2.05 bits per heavy atom. The zero-order valence-corrected chi connectivity index (χ0v) is 9.95. The van der Waals surface area contributed by atoms with Crippen LogP contribution < -0.4 is 5.56 Å². The Kier molecular flexibility index (Phi) is 2.81. The zero-order valence-electron chi connectivity index (χ0n) is 9.95. The van der Waals surface area contributed by atoms with Crippen molar-refractivity contribution in [2.75, 3.05) is 0 Å². The predicted octanol–water partition coefficient (Wildman–Crippen LogP) is 0.0552. The number of benzene rings is 1. The van der Waals surface area contributed by atoms with Gasteiger partial charge < -0.3 is 10.1 Å². The Labute approximate surface area is 107 Å². The molecule has 3 rings (SSSR count). The number of H-pyrrole nitrogens is 1. The van der Waals surface area contributed by atoms with Crippen molar-refractivity contribution in [3.63, 3.8) is 0 Å². The average molecular weight is 257 g/mol. The minimum absolute atomic E-state index is 0.174. The van der Waals surface area contributed by atoms with Crippen molar-refractivity contribution in [3.8, 4) is 0 Å². The lowest BCUT2D eigenvalue weighted by Crippen LogP contribution is -2.13. The normalized spacial score (nSPS) is 11.0. The number of rotatable bonds is 3. The van der Waals surface area contributed by atoms with E-state index < -0.39 is 5.56 Å². The molecule has 0 bridgehead atoms. The van der Waals surface area contributed by atoms with Gasteiger partial charge in [-0.3, -0.25) is 4.79 Å². The summed E-state index contributed by atoms with van der Waals surface area (Å²) in [6.45, 7) is 0.139. The second-order valence-corrected chi connectivity index (χ2v) is 4.08. The van der Waals surface area contributed by atoms with E-state index >= 15 is 0 Å². The number of aromatic amines is 1. The summed E-state index contributed by atoms with van der Waals surface area (Å²) in [6, 6.07) is 9.68. The first kappa shape index (κ1) is 11.5. The molecule has 3 aromatic rings. The second kappa shape index (κ2) is 4.62. The van der Waals surface area contributed by atoms with Gasteiger partial charge >= 0.3 is 0 Å². The number of hydrogen-bond acceptors (Lipinski definition) is 5. The van der Waals surface area contributed by atoms with Gasteiger partial charge in [-0.1, -0.05) is 35.5 Å². The standard InChI is InChI=1S/C12H11N5O2/c18-7-9-13-11-10(12(19)14-9)15-16-17(11)6-8-4-2-1-3-5-8/h1-5,18H,6-7H2,(H,13,14,19). The number of aliphatic hydroxyl groups excluding tert-OH is 1. The van der Waals surface area contributed by atoms with Gasteiger partial charge in [0.25, 0.3) is 5.56 Å². The van der Waals surface area contributed by atoms with E-state index in [0.29, 0.717) is 12.2 Å². The SMILES string of the molecule is O=c1[nH]c(CO)nc2c1nnn2Cc1ccccc1. The van der Waals surface area contributed by atoms with Crippen LogP contribution >= 0.6 is 0 Å². The first-order valence-electron chi connectivity index (χ1n) is 5.75. The van der Waals surface area contributed by atoms with E-state index in [9.17, 15) is 4.79 Å². The van der Waals surface area contributed by atoms with E-state index in [2.05, 4.69) is 20.3 Å². The van der Waals surface area contributed by atoms with E-state index in [-0.39, 0.29) is 17.9 Å². The van der Waals surface area contributed by atoms with Gasteiger partial charge in [0, 0.05) is 0 Å². The molecule has 96 valence electrons. The van der Waals surface area contributed by atoms with Crippen molar-refractivity contribution in [2.45, 2.75) is 13.2 Å². The fourth-order valence-corrected chi connectivity index (χ4v) is 1.85. The topological polar surface area (TPSA) is 96.7 Å². The Hall–Kier alpha value is -2.54. The molecule has 0 radical (unpaired) electrons. The lowest BCUT2D eigenvalue weighted by Gasteiger charge is -2.02. The highest BCUT2D eigenvalue weighted by atomic mass is 16.3. The Morgan fingerprint density at radius 3 is 2.79 bits per heavy atom. The molecule has 0 amide bonds. The third-order valence-corrected chi connectivity index (χ3v) is 2.75. The quantitative estimate of drug-likeness (QED) is 0.691. The van der Waals surface area contributed by atoms with Crippen LogP contribution in [0.4, 0.5) is 0 Å². The van der Waals surface area contributed by atoms with Gasteiger partial charge in [-0.2, -0.15) is 0 Å². The predicted molar refractivity (Wildman–Crippen MR) is 67.4 cm³/mol. The molecule has 19 heavy (non-hydrogen) atoms. The molecule has 0 saturated heterocycles. The molecule has 0 aliphatic carbocycles. The van der Waals surface area contributed by atoms with Crippen LogP contribution in [-0.2, 0) is 13.2 Å². The number of nitrogens with zero attached hydrogens (tertiary/aromatic N) is 4. The molecule has 2 heterocycles. The summed E-state index contributed by atoms with van der Waals surface area (Å²) in [4.78, 5) is 18.3. The number of aliphatic hydroxyl groups is 1. The van der Waals surface area contributed by atoms with E-state index in [1.54, 1.807) is 4.68 Å². The maximum atomic E-state index is 11.7. The van der Waals surface area contributed by atoms with Gasteiger partial charge in [0.2, 0.25) is 0 Å². The molecule has 2 N–H and O–H groups in total. The molecule has 1 aromatic carbocycles. The van der Waals surface area contributed by atoms with Gasteiger partial charge in [0.1, 0.15) is 12.4 Å². The minimum Gasteiger partial charge on any atom is -0.388 e. The molecule has 0 fully saturated rings. The molecule has 0 aliphatic rings. The van der Waals surface area contributed by atoms with Crippen molar-refractivity contribution in [1.29, 1.82) is 0 Å². The molecule has 2 aromatic heterocycles. The van der Waals surface area contributed by atoms with E-state index in [1.807, 2.05) is 30.3 Å². The molecule has 0 saturated carbocycles. The average Bonchev–Trinajstić information content (AvgIpc) is 2.83. The van der Waals surface area contributed by atoms with Gasteiger partial charge in [-0.15, -0.1) is 5.10 Å². The first-order chi connectivity index (χ1) is 9.28. The third-order valence-electron chi connectivity index (χ3n) is 2.75. The number of hydrogen-bond donors (Lipinski definition) is 2. The molecule has 7 heteroatoms. The minimum atomic E-state index is -0.395. The molecule has 7 nitrogen and oxygen atoms in total. The van der Waals surface area contributed by atoms with Crippen molar-refractivity contribution in [3.05, 3.63) is 52.1 Å². The second-order valence-electron chi connectivity index (χ2n) is 4.08. The number of nitrogens with one attached hydrogen (secondary N) is 1. The van der Waals surface area contributed by atoms with Crippen LogP contribution in [0.1, 0.15) is 11.4 Å². The summed E-state index contributed by atoms with van der Waals surface area (Å²) >= 11 is 0. The highest BCUT2D eigenvalue weighted by molar-refractivity contribution is 5.68. The molecule has 0 spiro atoms.